The maximum Gasteiger partial charge on any atom is 0.223 e. The molecule has 0 radical (unpaired) electrons. The van der Waals surface area contributed by atoms with Crippen LogP contribution in [-0.4, -0.2) is 17.9 Å². The van der Waals surface area contributed by atoms with Gasteiger partial charge in [0, 0.05) is 24.9 Å². The number of halogens is 1. The fourth-order valence-electron chi connectivity index (χ4n) is 2.07. The number of hydrogen-bond acceptors (Lipinski definition) is 2. The minimum atomic E-state index is -0.00204. The summed E-state index contributed by atoms with van der Waals surface area (Å²) in [5, 5.41) is 0.686. The van der Waals surface area contributed by atoms with E-state index in [0.29, 0.717) is 17.9 Å². The second-order valence-corrected chi connectivity index (χ2v) is 5.25. The van der Waals surface area contributed by atoms with Crippen LogP contribution in [0.25, 0.3) is 0 Å². The summed E-state index contributed by atoms with van der Waals surface area (Å²) < 4.78 is 5.24. The van der Waals surface area contributed by atoms with Crippen LogP contribution in [0.15, 0.2) is 47.1 Å². The van der Waals surface area contributed by atoms with E-state index in [0.717, 1.165) is 11.3 Å². The third-order valence-corrected chi connectivity index (χ3v) is 3.71. The first-order chi connectivity index (χ1) is 9.58. The number of hydrogen-bond donors (Lipinski definition) is 0. The number of carbonyl (C=O) groups is 1. The van der Waals surface area contributed by atoms with Gasteiger partial charge in [0.05, 0.1) is 12.3 Å². The van der Waals surface area contributed by atoms with Gasteiger partial charge in [-0.1, -0.05) is 23.7 Å². The zero-order valence-electron chi connectivity index (χ0n) is 11.7. The van der Waals surface area contributed by atoms with Gasteiger partial charge in [0.15, 0.2) is 0 Å². The molecule has 0 N–H and O–H groups in total. The Labute approximate surface area is 124 Å². The van der Waals surface area contributed by atoms with Crippen molar-refractivity contribution in [3.63, 3.8) is 0 Å². The second-order valence-electron chi connectivity index (χ2n) is 4.81. The number of aryl methyl sites for hydroxylation is 1. The van der Waals surface area contributed by atoms with Gasteiger partial charge in [-0.05, 0) is 36.8 Å². The highest BCUT2D eigenvalue weighted by molar-refractivity contribution is 6.30. The van der Waals surface area contributed by atoms with E-state index in [1.54, 1.807) is 11.2 Å². The lowest BCUT2D eigenvalue weighted by Crippen LogP contribution is -2.29. The van der Waals surface area contributed by atoms with E-state index >= 15 is 0 Å². The lowest BCUT2D eigenvalue weighted by atomic mass is 10.1. The Morgan fingerprint density at radius 1 is 1.35 bits per heavy atom. The number of benzene rings is 1. The molecule has 1 unspecified atom stereocenters. The fraction of sp³-hybridized carbons (Fsp3) is 0.312. The van der Waals surface area contributed by atoms with Crippen molar-refractivity contribution in [1.82, 2.24) is 4.90 Å². The monoisotopic (exact) mass is 291 g/mol. The zero-order valence-corrected chi connectivity index (χ0v) is 12.4. The summed E-state index contributed by atoms with van der Waals surface area (Å²) in [5.41, 5.74) is 1.03. The molecular formula is C16H18ClNO2. The average Bonchev–Trinajstić information content (AvgIpc) is 2.96. The van der Waals surface area contributed by atoms with Crippen LogP contribution in [0.4, 0.5) is 0 Å². The number of amides is 1. The van der Waals surface area contributed by atoms with Crippen molar-refractivity contribution in [2.24, 2.45) is 0 Å². The molecule has 1 amide bonds. The maximum absolute atomic E-state index is 12.2. The Bertz CT molecular complexity index is 566. The predicted octanol–water partition coefficient (Wildman–Crippen LogP) is 4.09. The third-order valence-electron chi connectivity index (χ3n) is 3.47. The van der Waals surface area contributed by atoms with Crippen molar-refractivity contribution in [3.8, 4) is 0 Å². The first-order valence-corrected chi connectivity index (χ1v) is 6.99. The van der Waals surface area contributed by atoms with Gasteiger partial charge in [0.25, 0.3) is 0 Å². The largest absolute Gasteiger partial charge is 0.469 e. The SMILES string of the molecule is CC(c1cccc(Cl)c1)N(C)C(=O)CCc1ccco1. The van der Waals surface area contributed by atoms with Crippen LogP contribution in [0.3, 0.4) is 0 Å². The molecule has 0 saturated carbocycles. The van der Waals surface area contributed by atoms with Gasteiger partial charge in [-0.15, -0.1) is 0 Å². The molecule has 1 heterocycles. The zero-order chi connectivity index (χ0) is 14.5. The van der Waals surface area contributed by atoms with Crippen LogP contribution in [0.2, 0.25) is 5.02 Å². The van der Waals surface area contributed by atoms with Gasteiger partial charge >= 0.3 is 0 Å². The standard InChI is InChI=1S/C16H18ClNO2/c1-12(13-5-3-6-14(17)11-13)18(2)16(19)9-8-15-7-4-10-20-15/h3-7,10-12H,8-9H2,1-2H3. The first-order valence-electron chi connectivity index (χ1n) is 6.61. The highest BCUT2D eigenvalue weighted by Crippen LogP contribution is 2.22. The van der Waals surface area contributed by atoms with Crippen LogP contribution < -0.4 is 0 Å². The molecule has 4 heteroatoms. The van der Waals surface area contributed by atoms with Gasteiger partial charge < -0.3 is 9.32 Å². The number of rotatable bonds is 5. The summed E-state index contributed by atoms with van der Waals surface area (Å²) in [7, 11) is 1.82. The molecule has 0 saturated heterocycles. The minimum absolute atomic E-state index is 0.00204. The number of carbonyl (C=O) groups excluding carboxylic acids is 1. The first kappa shape index (κ1) is 14.7. The van der Waals surface area contributed by atoms with Gasteiger partial charge in [0.2, 0.25) is 5.91 Å². The van der Waals surface area contributed by atoms with Crippen molar-refractivity contribution in [1.29, 1.82) is 0 Å². The number of furan rings is 1. The molecule has 0 aliphatic carbocycles. The highest BCUT2D eigenvalue weighted by atomic mass is 35.5. The van der Waals surface area contributed by atoms with Gasteiger partial charge in [0.1, 0.15) is 5.76 Å². The van der Waals surface area contributed by atoms with Crippen LogP contribution in [0.1, 0.15) is 30.7 Å². The molecular weight excluding hydrogens is 274 g/mol. The van der Waals surface area contributed by atoms with E-state index in [9.17, 15) is 4.79 Å². The maximum atomic E-state index is 12.2. The molecule has 0 aliphatic heterocycles. The summed E-state index contributed by atoms with van der Waals surface area (Å²) in [6.45, 7) is 2.00. The molecule has 0 bridgehead atoms. The normalized spacial score (nSPS) is 12.2. The van der Waals surface area contributed by atoms with E-state index in [-0.39, 0.29) is 11.9 Å². The van der Waals surface area contributed by atoms with Crippen LogP contribution in [0.5, 0.6) is 0 Å². The fourth-order valence-corrected chi connectivity index (χ4v) is 2.27. The van der Waals surface area contributed by atoms with Crippen molar-refractivity contribution in [3.05, 3.63) is 59.0 Å². The molecule has 0 fully saturated rings. The average molecular weight is 292 g/mol. The van der Waals surface area contributed by atoms with E-state index in [4.69, 9.17) is 16.0 Å². The van der Waals surface area contributed by atoms with Crippen molar-refractivity contribution < 1.29 is 9.21 Å². The molecule has 3 nitrogen and oxygen atoms in total. The van der Waals surface area contributed by atoms with Crippen molar-refractivity contribution in [2.75, 3.05) is 7.05 Å². The van der Waals surface area contributed by atoms with E-state index in [1.165, 1.54) is 0 Å². The second kappa shape index (κ2) is 6.62. The topological polar surface area (TPSA) is 33.5 Å². The Balaban J connectivity index is 1.95. The van der Waals surface area contributed by atoms with Gasteiger partial charge in [-0.2, -0.15) is 0 Å². The van der Waals surface area contributed by atoms with Crippen LogP contribution in [-0.2, 0) is 11.2 Å². The van der Waals surface area contributed by atoms with Crippen LogP contribution >= 0.6 is 11.6 Å². The minimum Gasteiger partial charge on any atom is -0.469 e. The van der Waals surface area contributed by atoms with Gasteiger partial charge in [-0.3, -0.25) is 4.79 Å². The van der Waals surface area contributed by atoms with E-state index in [2.05, 4.69) is 0 Å². The Kier molecular flexibility index (Phi) is 4.85. The lowest BCUT2D eigenvalue weighted by molar-refractivity contribution is -0.131. The summed E-state index contributed by atoms with van der Waals surface area (Å²) >= 11 is 5.99. The molecule has 106 valence electrons. The molecule has 1 aromatic carbocycles. The lowest BCUT2D eigenvalue weighted by Gasteiger charge is -2.25. The quantitative estimate of drug-likeness (QED) is 0.831. The van der Waals surface area contributed by atoms with Crippen LogP contribution in [0, 0.1) is 0 Å². The Morgan fingerprint density at radius 2 is 2.15 bits per heavy atom. The number of nitrogens with zero attached hydrogens (tertiary/aromatic N) is 1. The van der Waals surface area contributed by atoms with Gasteiger partial charge in [-0.25, -0.2) is 0 Å². The van der Waals surface area contributed by atoms with Crippen molar-refractivity contribution in [2.45, 2.75) is 25.8 Å². The third kappa shape index (κ3) is 3.64. The van der Waals surface area contributed by atoms with E-state index in [1.807, 2.05) is 50.4 Å². The Morgan fingerprint density at radius 3 is 2.80 bits per heavy atom. The van der Waals surface area contributed by atoms with E-state index < -0.39 is 0 Å². The Hall–Kier alpha value is -1.74. The molecule has 1 atom stereocenters. The highest BCUT2D eigenvalue weighted by Gasteiger charge is 2.17. The molecule has 0 spiro atoms. The van der Waals surface area contributed by atoms with Crippen molar-refractivity contribution >= 4 is 17.5 Å². The molecule has 2 rings (SSSR count). The smallest absolute Gasteiger partial charge is 0.223 e. The predicted molar refractivity (Wildman–Crippen MR) is 79.7 cm³/mol. The summed E-state index contributed by atoms with van der Waals surface area (Å²) in [4.78, 5) is 13.9. The summed E-state index contributed by atoms with van der Waals surface area (Å²) in [6, 6.07) is 11.3. The summed E-state index contributed by atoms with van der Waals surface area (Å²) in [6.07, 6.45) is 2.69. The molecule has 20 heavy (non-hydrogen) atoms. The summed E-state index contributed by atoms with van der Waals surface area (Å²) in [5.74, 6) is 0.927. The molecule has 0 aliphatic rings. The molecule has 1 aromatic heterocycles. The molecule has 2 aromatic rings.